The molecule has 1 unspecified atom stereocenters. The van der Waals surface area contributed by atoms with Crippen molar-refractivity contribution in [1.82, 2.24) is 14.9 Å². The molecule has 0 bridgehead atoms. The van der Waals surface area contributed by atoms with E-state index < -0.39 is 26.4 Å². The molecule has 0 radical (unpaired) electrons. The summed E-state index contributed by atoms with van der Waals surface area (Å²) in [5.41, 5.74) is 6.75. The third kappa shape index (κ3) is 8.75. The van der Waals surface area contributed by atoms with Gasteiger partial charge in [0.25, 0.3) is 14.4 Å². The lowest BCUT2D eigenvalue weighted by Gasteiger charge is -2.23. The SMILES string of the molecule is CN(C)CCN(C)P(O)OCC[C@H](NC(=O)c1ccc(CN)cc1)C(=O)O. The molecule has 0 aliphatic carbocycles. The molecule has 2 atom stereocenters. The van der Waals surface area contributed by atoms with Gasteiger partial charge in [-0.2, -0.15) is 0 Å². The molecular weight excluding hydrogens is 371 g/mol. The molecule has 1 rings (SSSR count). The van der Waals surface area contributed by atoms with Crippen LogP contribution in [0.2, 0.25) is 0 Å². The summed E-state index contributed by atoms with van der Waals surface area (Å²) in [4.78, 5) is 35.6. The van der Waals surface area contributed by atoms with Crippen molar-refractivity contribution in [2.75, 3.05) is 40.8 Å². The van der Waals surface area contributed by atoms with Crippen LogP contribution in [0.1, 0.15) is 22.3 Å². The number of nitrogens with two attached hydrogens (primary N) is 1. The van der Waals surface area contributed by atoms with E-state index in [0.717, 1.165) is 12.1 Å². The lowest BCUT2D eigenvalue weighted by atomic mass is 10.1. The first-order valence-electron chi connectivity index (χ1n) is 8.55. The van der Waals surface area contributed by atoms with Gasteiger partial charge in [0.1, 0.15) is 6.04 Å². The predicted molar refractivity (Wildman–Crippen MR) is 104 cm³/mol. The van der Waals surface area contributed by atoms with Crippen molar-refractivity contribution in [3.8, 4) is 0 Å². The summed E-state index contributed by atoms with van der Waals surface area (Å²) < 4.78 is 7.00. The number of amides is 1. The maximum atomic E-state index is 12.2. The highest BCUT2D eigenvalue weighted by Gasteiger charge is 2.22. The number of nitrogens with zero attached hydrogens (tertiary/aromatic N) is 2. The van der Waals surface area contributed by atoms with E-state index >= 15 is 0 Å². The molecule has 27 heavy (non-hydrogen) atoms. The van der Waals surface area contributed by atoms with Crippen LogP contribution in [0.4, 0.5) is 0 Å². The van der Waals surface area contributed by atoms with Crippen LogP contribution in [-0.2, 0) is 15.9 Å². The van der Waals surface area contributed by atoms with E-state index in [1.807, 2.05) is 19.0 Å². The maximum absolute atomic E-state index is 12.2. The number of carboxylic acid groups (broad SMARTS) is 1. The Kier molecular flexibility index (Phi) is 10.4. The van der Waals surface area contributed by atoms with Crippen LogP contribution < -0.4 is 11.1 Å². The molecule has 10 heteroatoms. The van der Waals surface area contributed by atoms with Gasteiger partial charge in [-0.1, -0.05) is 12.1 Å². The minimum absolute atomic E-state index is 0.0118. The molecule has 0 aliphatic rings. The van der Waals surface area contributed by atoms with Crippen LogP contribution >= 0.6 is 8.53 Å². The number of carboxylic acids is 1. The monoisotopic (exact) mass is 400 g/mol. The van der Waals surface area contributed by atoms with Gasteiger partial charge >= 0.3 is 5.97 Å². The molecule has 1 amide bonds. The first-order chi connectivity index (χ1) is 12.7. The summed E-state index contributed by atoms with van der Waals surface area (Å²) in [6.45, 7) is 1.76. The fraction of sp³-hybridized carbons (Fsp3) is 0.529. The lowest BCUT2D eigenvalue weighted by Crippen LogP contribution is -2.41. The molecule has 0 heterocycles. The summed E-state index contributed by atoms with van der Waals surface area (Å²) >= 11 is 0. The average Bonchev–Trinajstić information content (AvgIpc) is 2.64. The number of benzene rings is 1. The number of aliphatic carboxylic acids is 1. The Bertz CT molecular complexity index is 599. The molecule has 0 saturated heterocycles. The molecule has 0 spiro atoms. The average molecular weight is 400 g/mol. The Morgan fingerprint density at radius 2 is 1.85 bits per heavy atom. The van der Waals surface area contributed by atoms with Crippen LogP contribution in [0.25, 0.3) is 0 Å². The third-order valence-corrected chi connectivity index (χ3v) is 5.03. The van der Waals surface area contributed by atoms with Crippen molar-refractivity contribution in [1.29, 1.82) is 0 Å². The fourth-order valence-electron chi connectivity index (χ4n) is 2.07. The van der Waals surface area contributed by atoms with Gasteiger partial charge in [0.15, 0.2) is 0 Å². The summed E-state index contributed by atoms with van der Waals surface area (Å²) in [6.07, 6.45) is 0.0445. The Hall–Kier alpha value is -1.61. The van der Waals surface area contributed by atoms with Crippen LogP contribution in [0.5, 0.6) is 0 Å². The zero-order valence-electron chi connectivity index (χ0n) is 16.0. The van der Waals surface area contributed by atoms with Crippen molar-refractivity contribution in [2.45, 2.75) is 19.0 Å². The Labute approximate surface area is 161 Å². The van der Waals surface area contributed by atoms with E-state index in [4.69, 9.17) is 10.3 Å². The second-order valence-corrected chi connectivity index (χ2v) is 7.77. The van der Waals surface area contributed by atoms with Crippen molar-refractivity contribution in [2.24, 2.45) is 5.73 Å². The first kappa shape index (κ1) is 23.4. The smallest absolute Gasteiger partial charge is 0.326 e. The molecule has 0 aliphatic heterocycles. The van der Waals surface area contributed by atoms with Gasteiger partial charge in [-0.3, -0.25) is 4.79 Å². The van der Waals surface area contributed by atoms with E-state index in [2.05, 4.69) is 5.32 Å². The predicted octanol–water partition coefficient (Wildman–Crippen LogP) is 0.448. The van der Waals surface area contributed by atoms with Crippen molar-refractivity contribution >= 4 is 20.4 Å². The Morgan fingerprint density at radius 1 is 1.22 bits per heavy atom. The van der Waals surface area contributed by atoms with Crippen LogP contribution in [0.15, 0.2) is 24.3 Å². The van der Waals surface area contributed by atoms with Gasteiger partial charge in [-0.05, 0) is 38.8 Å². The zero-order chi connectivity index (χ0) is 20.4. The Balaban J connectivity index is 2.49. The van der Waals surface area contributed by atoms with Gasteiger partial charge in [0.2, 0.25) is 0 Å². The zero-order valence-corrected chi connectivity index (χ0v) is 16.9. The molecule has 0 aromatic heterocycles. The van der Waals surface area contributed by atoms with Crippen molar-refractivity contribution in [3.05, 3.63) is 35.4 Å². The van der Waals surface area contributed by atoms with E-state index in [0.29, 0.717) is 18.7 Å². The van der Waals surface area contributed by atoms with E-state index in [9.17, 15) is 19.6 Å². The van der Waals surface area contributed by atoms with E-state index in [-0.39, 0.29) is 13.0 Å². The largest absolute Gasteiger partial charge is 0.480 e. The van der Waals surface area contributed by atoms with Crippen LogP contribution in [0.3, 0.4) is 0 Å². The lowest BCUT2D eigenvalue weighted by molar-refractivity contribution is -0.139. The molecule has 0 fully saturated rings. The summed E-state index contributed by atoms with van der Waals surface area (Å²) in [5, 5.41) is 11.8. The van der Waals surface area contributed by atoms with Gasteiger partial charge in [-0.25, -0.2) is 9.46 Å². The molecule has 1 aromatic rings. The maximum Gasteiger partial charge on any atom is 0.326 e. The number of likely N-dealkylation sites (N-methyl/N-ethyl adjacent to an activating group) is 2. The number of carbonyl (C=O) groups excluding carboxylic acids is 1. The third-order valence-electron chi connectivity index (χ3n) is 3.83. The van der Waals surface area contributed by atoms with E-state index in [1.165, 1.54) is 0 Å². The number of hydrogen-bond donors (Lipinski definition) is 4. The van der Waals surface area contributed by atoms with Gasteiger partial charge in [0.05, 0.1) is 6.61 Å². The summed E-state index contributed by atoms with van der Waals surface area (Å²) in [5.74, 6) is -1.64. The number of hydrogen-bond acceptors (Lipinski definition) is 7. The molecule has 0 saturated carbocycles. The quantitative estimate of drug-likeness (QED) is 0.372. The normalized spacial score (nSPS) is 13.6. The van der Waals surface area contributed by atoms with Gasteiger partial charge in [0, 0.05) is 31.6 Å². The minimum atomic E-state index is -1.80. The molecule has 9 nitrogen and oxygen atoms in total. The second-order valence-electron chi connectivity index (χ2n) is 6.32. The number of rotatable bonds is 12. The highest BCUT2D eigenvalue weighted by molar-refractivity contribution is 7.43. The van der Waals surface area contributed by atoms with Crippen molar-refractivity contribution < 1.29 is 24.1 Å². The summed E-state index contributed by atoms with van der Waals surface area (Å²) in [6, 6.07) is 5.52. The topological polar surface area (TPSA) is 128 Å². The second kappa shape index (κ2) is 12.0. The summed E-state index contributed by atoms with van der Waals surface area (Å²) in [7, 11) is 3.79. The van der Waals surface area contributed by atoms with Gasteiger partial charge < -0.3 is 30.5 Å². The van der Waals surface area contributed by atoms with Crippen molar-refractivity contribution in [3.63, 3.8) is 0 Å². The van der Waals surface area contributed by atoms with Gasteiger partial charge in [-0.15, -0.1) is 0 Å². The fourth-order valence-corrected chi connectivity index (χ4v) is 2.80. The minimum Gasteiger partial charge on any atom is -0.480 e. The number of nitrogens with one attached hydrogen (secondary N) is 1. The molecule has 5 N–H and O–H groups in total. The van der Waals surface area contributed by atoms with Crippen LogP contribution in [0, 0.1) is 0 Å². The van der Waals surface area contributed by atoms with E-state index in [1.54, 1.807) is 36.0 Å². The Morgan fingerprint density at radius 3 is 2.37 bits per heavy atom. The number of carbonyl (C=O) groups is 2. The molecule has 1 aromatic carbocycles. The first-order valence-corrected chi connectivity index (χ1v) is 9.71. The molecule has 152 valence electrons. The van der Waals surface area contributed by atoms with Crippen LogP contribution in [-0.4, -0.2) is 78.3 Å². The standard InChI is InChI=1S/C17H29N4O5P/c1-20(2)9-10-21(3)27(25)26-11-8-15(17(23)24)19-16(22)14-6-4-13(12-18)5-7-14/h4-7,15,25H,8-12,18H2,1-3H3,(H,19,22)(H,23,24)/t15-,27?/m0/s1. The highest BCUT2D eigenvalue weighted by Crippen LogP contribution is 2.34. The highest BCUT2D eigenvalue weighted by atomic mass is 31.2. The molecular formula is C17H29N4O5P.